The summed E-state index contributed by atoms with van der Waals surface area (Å²) in [6, 6.07) is 0.482. The van der Waals surface area contributed by atoms with Crippen LogP contribution in [0.4, 0.5) is 0 Å². The summed E-state index contributed by atoms with van der Waals surface area (Å²) in [5.74, 6) is 1.26. The van der Waals surface area contributed by atoms with Crippen molar-refractivity contribution in [3.8, 4) is 0 Å². The van der Waals surface area contributed by atoms with E-state index in [-0.39, 0.29) is 0 Å². The van der Waals surface area contributed by atoms with Crippen LogP contribution in [0.3, 0.4) is 0 Å². The first kappa shape index (κ1) is 13.3. The highest BCUT2D eigenvalue weighted by Gasteiger charge is 2.11. The maximum absolute atomic E-state index is 5.93. The summed E-state index contributed by atoms with van der Waals surface area (Å²) in [4.78, 5) is 6.54. The number of aliphatic imine (C=N–C) groups is 1. The van der Waals surface area contributed by atoms with Gasteiger partial charge in [0.05, 0.1) is 0 Å². The summed E-state index contributed by atoms with van der Waals surface area (Å²) in [6.07, 6.45) is 1.10. The first-order valence-corrected chi connectivity index (χ1v) is 5.59. The Morgan fingerprint density at radius 3 is 2.21 bits per heavy atom. The molecule has 0 saturated carbocycles. The maximum atomic E-state index is 5.93. The fourth-order valence-electron chi connectivity index (χ4n) is 1.29. The molecule has 0 saturated heterocycles. The molecular formula is C11H25N3. The average Bonchev–Trinajstić information content (AvgIpc) is 2.15. The van der Waals surface area contributed by atoms with Crippen molar-refractivity contribution in [1.29, 1.82) is 0 Å². The number of guanidine groups is 1. The van der Waals surface area contributed by atoms with Gasteiger partial charge in [-0.3, -0.25) is 4.99 Å². The number of rotatable bonds is 5. The van der Waals surface area contributed by atoms with Crippen LogP contribution in [0.5, 0.6) is 0 Å². The van der Waals surface area contributed by atoms with Gasteiger partial charge in [-0.2, -0.15) is 0 Å². The highest BCUT2D eigenvalue weighted by Crippen LogP contribution is 2.03. The molecule has 3 nitrogen and oxygen atoms in total. The van der Waals surface area contributed by atoms with Crippen molar-refractivity contribution in [2.24, 2.45) is 16.6 Å². The third-order valence-corrected chi connectivity index (χ3v) is 2.38. The predicted octanol–water partition coefficient (Wildman–Crippen LogP) is 2.08. The van der Waals surface area contributed by atoms with Gasteiger partial charge in [-0.25, -0.2) is 0 Å². The Morgan fingerprint density at radius 2 is 1.86 bits per heavy atom. The van der Waals surface area contributed by atoms with Gasteiger partial charge in [0, 0.05) is 19.1 Å². The smallest absolute Gasteiger partial charge is 0.191 e. The molecule has 0 bridgehead atoms. The normalized spacial score (nSPS) is 14.6. The minimum Gasteiger partial charge on any atom is -0.370 e. The van der Waals surface area contributed by atoms with Crippen LogP contribution in [0.25, 0.3) is 0 Å². The van der Waals surface area contributed by atoms with Gasteiger partial charge in [0.25, 0.3) is 0 Å². The lowest BCUT2D eigenvalue weighted by Gasteiger charge is -2.28. The van der Waals surface area contributed by atoms with E-state index in [1.54, 1.807) is 0 Å². The topological polar surface area (TPSA) is 41.6 Å². The van der Waals surface area contributed by atoms with Crippen LogP contribution >= 0.6 is 0 Å². The van der Waals surface area contributed by atoms with E-state index in [0.29, 0.717) is 17.9 Å². The molecule has 0 aromatic rings. The largest absolute Gasteiger partial charge is 0.370 e. The zero-order chi connectivity index (χ0) is 11.1. The lowest BCUT2D eigenvalue weighted by Crippen LogP contribution is -2.43. The molecule has 0 radical (unpaired) electrons. The van der Waals surface area contributed by atoms with Gasteiger partial charge in [0.2, 0.25) is 0 Å². The summed E-state index contributed by atoms with van der Waals surface area (Å²) in [7, 11) is 0. The minimum absolute atomic E-state index is 0.482. The predicted molar refractivity (Wildman–Crippen MR) is 63.5 cm³/mol. The highest BCUT2D eigenvalue weighted by atomic mass is 15.3. The van der Waals surface area contributed by atoms with Crippen molar-refractivity contribution in [2.75, 3.05) is 13.1 Å². The number of nitrogens with two attached hydrogens (primary N) is 1. The fraction of sp³-hybridized carbons (Fsp3) is 0.909. The monoisotopic (exact) mass is 199 g/mol. The van der Waals surface area contributed by atoms with E-state index >= 15 is 0 Å². The quantitative estimate of drug-likeness (QED) is 0.544. The van der Waals surface area contributed by atoms with E-state index in [0.717, 1.165) is 19.5 Å². The van der Waals surface area contributed by atoms with E-state index in [4.69, 9.17) is 5.73 Å². The van der Waals surface area contributed by atoms with Crippen LogP contribution in [0.15, 0.2) is 4.99 Å². The molecule has 0 aromatic carbocycles. The van der Waals surface area contributed by atoms with Crippen LogP contribution in [0.2, 0.25) is 0 Å². The van der Waals surface area contributed by atoms with Gasteiger partial charge >= 0.3 is 0 Å². The lowest BCUT2D eigenvalue weighted by molar-refractivity contribution is 0.331. The van der Waals surface area contributed by atoms with E-state index in [1.165, 1.54) is 0 Å². The summed E-state index contributed by atoms with van der Waals surface area (Å²) in [5, 5.41) is 0. The Labute approximate surface area is 88.4 Å². The zero-order valence-electron chi connectivity index (χ0n) is 10.2. The van der Waals surface area contributed by atoms with Crippen molar-refractivity contribution in [1.82, 2.24) is 4.90 Å². The molecule has 0 amide bonds. The standard InChI is InChI=1S/C11H25N3/c1-6-10(5)14(7-2)11(12)13-8-9(3)4/h9-10H,6-8H2,1-5H3,(H2,12,13). The molecule has 0 aliphatic heterocycles. The average molecular weight is 199 g/mol. The maximum Gasteiger partial charge on any atom is 0.191 e. The van der Waals surface area contributed by atoms with Crippen molar-refractivity contribution in [3.05, 3.63) is 0 Å². The molecule has 1 atom stereocenters. The number of hydrogen-bond donors (Lipinski definition) is 1. The van der Waals surface area contributed by atoms with Crippen LogP contribution in [0, 0.1) is 5.92 Å². The number of hydrogen-bond acceptors (Lipinski definition) is 1. The fourth-order valence-corrected chi connectivity index (χ4v) is 1.29. The van der Waals surface area contributed by atoms with Crippen molar-refractivity contribution in [2.45, 2.75) is 47.1 Å². The molecule has 84 valence electrons. The van der Waals surface area contributed by atoms with Gasteiger partial charge < -0.3 is 10.6 Å². The number of nitrogens with zero attached hydrogens (tertiary/aromatic N) is 2. The molecule has 14 heavy (non-hydrogen) atoms. The molecule has 0 fully saturated rings. The first-order valence-electron chi connectivity index (χ1n) is 5.59. The van der Waals surface area contributed by atoms with Crippen LogP contribution in [-0.4, -0.2) is 30.0 Å². The van der Waals surface area contributed by atoms with Crippen LogP contribution < -0.4 is 5.73 Å². The van der Waals surface area contributed by atoms with Gasteiger partial charge in [-0.1, -0.05) is 20.8 Å². The molecule has 0 spiro atoms. The van der Waals surface area contributed by atoms with Crippen molar-refractivity contribution in [3.63, 3.8) is 0 Å². The molecular weight excluding hydrogens is 174 g/mol. The summed E-state index contributed by atoms with van der Waals surface area (Å²) >= 11 is 0. The van der Waals surface area contributed by atoms with Crippen LogP contribution in [0.1, 0.15) is 41.0 Å². The molecule has 0 rings (SSSR count). The molecule has 2 N–H and O–H groups in total. The summed E-state index contributed by atoms with van der Waals surface area (Å²) in [5.41, 5.74) is 5.93. The van der Waals surface area contributed by atoms with E-state index in [2.05, 4.69) is 44.5 Å². The summed E-state index contributed by atoms with van der Waals surface area (Å²) in [6.45, 7) is 12.5. The molecule has 3 heteroatoms. The van der Waals surface area contributed by atoms with E-state index < -0.39 is 0 Å². The second-order valence-corrected chi connectivity index (χ2v) is 4.14. The molecule has 0 heterocycles. The Kier molecular flexibility index (Phi) is 6.34. The minimum atomic E-state index is 0.482. The van der Waals surface area contributed by atoms with E-state index in [9.17, 15) is 0 Å². The van der Waals surface area contributed by atoms with E-state index in [1.807, 2.05) is 0 Å². The summed E-state index contributed by atoms with van der Waals surface area (Å²) < 4.78 is 0. The van der Waals surface area contributed by atoms with Gasteiger partial charge in [0.15, 0.2) is 5.96 Å². The van der Waals surface area contributed by atoms with Crippen molar-refractivity contribution < 1.29 is 0 Å². The Morgan fingerprint density at radius 1 is 1.29 bits per heavy atom. The zero-order valence-corrected chi connectivity index (χ0v) is 10.2. The Hall–Kier alpha value is -0.730. The second-order valence-electron chi connectivity index (χ2n) is 4.14. The second kappa shape index (κ2) is 6.68. The molecule has 0 aromatic heterocycles. The molecule has 0 aliphatic carbocycles. The van der Waals surface area contributed by atoms with Crippen molar-refractivity contribution >= 4 is 5.96 Å². The third-order valence-electron chi connectivity index (χ3n) is 2.38. The van der Waals surface area contributed by atoms with Crippen LogP contribution in [-0.2, 0) is 0 Å². The van der Waals surface area contributed by atoms with Gasteiger partial charge in [-0.05, 0) is 26.2 Å². The molecule has 0 aliphatic rings. The Bertz CT molecular complexity index is 175. The molecule has 1 unspecified atom stereocenters. The highest BCUT2D eigenvalue weighted by molar-refractivity contribution is 5.78. The third kappa shape index (κ3) is 4.49. The Balaban J connectivity index is 4.29. The SMILES string of the molecule is CCC(C)N(CC)C(N)=NCC(C)C. The van der Waals surface area contributed by atoms with Gasteiger partial charge in [0.1, 0.15) is 0 Å². The first-order chi connectivity index (χ1) is 6.52. The van der Waals surface area contributed by atoms with Gasteiger partial charge in [-0.15, -0.1) is 0 Å². The lowest BCUT2D eigenvalue weighted by atomic mass is 10.2.